The minimum absolute atomic E-state index is 0.0123. The van der Waals surface area contributed by atoms with Gasteiger partial charge in [-0.3, -0.25) is 14.6 Å². The predicted octanol–water partition coefficient (Wildman–Crippen LogP) is 5.33. The van der Waals surface area contributed by atoms with Crippen molar-refractivity contribution in [3.63, 3.8) is 0 Å². The number of carbonyl (C=O) groups is 1. The summed E-state index contributed by atoms with van der Waals surface area (Å²) in [6.45, 7) is 1.77. The summed E-state index contributed by atoms with van der Waals surface area (Å²) in [5.41, 5.74) is 6.12. The third kappa shape index (κ3) is 6.96. The first-order valence-corrected chi connectivity index (χ1v) is 15.1. The van der Waals surface area contributed by atoms with Crippen LogP contribution in [-0.4, -0.2) is 39.0 Å². The van der Waals surface area contributed by atoms with Gasteiger partial charge in [-0.2, -0.15) is 5.10 Å². The fraction of sp³-hybridized carbons (Fsp3) is 0.314. The maximum absolute atomic E-state index is 12.5. The Bertz CT molecular complexity index is 1770. The first-order valence-electron chi connectivity index (χ1n) is 15.1. The monoisotopic (exact) mass is 591 g/mol. The molecule has 0 bridgehead atoms. The van der Waals surface area contributed by atoms with Crippen LogP contribution in [0.5, 0.6) is 0 Å². The van der Waals surface area contributed by atoms with Crippen LogP contribution in [0, 0.1) is 0 Å². The van der Waals surface area contributed by atoms with E-state index in [4.69, 9.17) is 14.6 Å². The van der Waals surface area contributed by atoms with Gasteiger partial charge in [-0.25, -0.2) is 4.68 Å². The van der Waals surface area contributed by atoms with Gasteiger partial charge in [0, 0.05) is 43.2 Å². The van der Waals surface area contributed by atoms with E-state index in [-0.39, 0.29) is 30.2 Å². The second-order valence-electron chi connectivity index (χ2n) is 11.2. The third-order valence-corrected chi connectivity index (χ3v) is 8.09. The molecule has 0 spiro atoms. The lowest BCUT2D eigenvalue weighted by atomic mass is 10.0. The number of ether oxygens (including phenoxy) is 2. The van der Waals surface area contributed by atoms with Crippen molar-refractivity contribution in [1.82, 2.24) is 24.6 Å². The number of hydrogen-bond acceptors (Lipinski definition) is 7. The minimum Gasteiger partial charge on any atom is -0.469 e. The predicted molar refractivity (Wildman–Crippen MR) is 168 cm³/mol. The molecule has 5 aromatic rings. The number of nitrogens with one attached hydrogen (secondary N) is 1. The van der Waals surface area contributed by atoms with Crippen molar-refractivity contribution in [2.24, 2.45) is 0 Å². The number of esters is 1. The van der Waals surface area contributed by atoms with Crippen molar-refractivity contribution < 1.29 is 14.3 Å². The van der Waals surface area contributed by atoms with Crippen LogP contribution in [0.25, 0.3) is 10.9 Å². The number of aromatic nitrogens is 4. The van der Waals surface area contributed by atoms with Gasteiger partial charge in [0.15, 0.2) is 6.23 Å². The smallest absolute Gasteiger partial charge is 0.307 e. The molecule has 4 heterocycles. The van der Waals surface area contributed by atoms with Crippen LogP contribution in [0.2, 0.25) is 0 Å². The van der Waals surface area contributed by atoms with Gasteiger partial charge in [-0.1, -0.05) is 54.6 Å². The molecule has 2 atom stereocenters. The second-order valence-corrected chi connectivity index (χ2v) is 11.2. The number of carbonyl (C=O) groups excluding carboxylic acids is 1. The summed E-state index contributed by atoms with van der Waals surface area (Å²) >= 11 is 0. The maximum Gasteiger partial charge on any atom is 0.307 e. The molecular formula is C35H37N5O4. The van der Waals surface area contributed by atoms with Crippen LogP contribution in [0.3, 0.4) is 0 Å². The highest BCUT2D eigenvalue weighted by atomic mass is 16.5. The zero-order valence-electron chi connectivity index (χ0n) is 24.9. The van der Waals surface area contributed by atoms with Crippen molar-refractivity contribution in [1.29, 1.82) is 0 Å². The summed E-state index contributed by atoms with van der Waals surface area (Å²) in [6, 6.07) is 23.4. The second kappa shape index (κ2) is 13.8. The molecule has 3 aromatic heterocycles. The van der Waals surface area contributed by atoms with E-state index >= 15 is 0 Å². The molecule has 1 aliphatic heterocycles. The lowest BCUT2D eigenvalue weighted by molar-refractivity contribution is -0.141. The summed E-state index contributed by atoms with van der Waals surface area (Å²) in [5.74, 6) is -0.303. The number of pyridine rings is 2. The van der Waals surface area contributed by atoms with Crippen molar-refractivity contribution in [3.05, 3.63) is 130 Å². The Kier molecular flexibility index (Phi) is 9.24. The zero-order valence-corrected chi connectivity index (χ0v) is 24.9. The summed E-state index contributed by atoms with van der Waals surface area (Å²) in [7, 11) is 1.41. The summed E-state index contributed by atoms with van der Waals surface area (Å²) < 4.78 is 14.8. The number of methoxy groups -OCH3 is 1. The Morgan fingerprint density at radius 3 is 2.59 bits per heavy atom. The number of fused-ring (bicyclic) bond motifs is 1. The van der Waals surface area contributed by atoms with E-state index in [0.717, 1.165) is 71.1 Å². The van der Waals surface area contributed by atoms with Crippen molar-refractivity contribution >= 4 is 16.9 Å². The Balaban J connectivity index is 1.17. The largest absolute Gasteiger partial charge is 0.469 e. The lowest BCUT2D eigenvalue weighted by Gasteiger charge is -2.23. The molecule has 0 radical (unpaired) electrons. The fourth-order valence-corrected chi connectivity index (χ4v) is 5.78. The Morgan fingerprint density at radius 1 is 1.00 bits per heavy atom. The van der Waals surface area contributed by atoms with Crippen LogP contribution < -0.4 is 10.9 Å². The molecule has 0 aliphatic carbocycles. The van der Waals surface area contributed by atoms with E-state index < -0.39 is 0 Å². The van der Waals surface area contributed by atoms with Crippen molar-refractivity contribution in [2.75, 3.05) is 13.7 Å². The molecule has 226 valence electrons. The van der Waals surface area contributed by atoms with Crippen LogP contribution in [0.15, 0.2) is 96.2 Å². The molecule has 6 rings (SSSR count). The van der Waals surface area contributed by atoms with Crippen molar-refractivity contribution in [3.8, 4) is 0 Å². The SMILES string of the molecule is COC(=O)CC(NCc1cncc(Cc2ccc(Cn3ccccc3=O)cc2)c1)c1nn(C2CCCCO2)c2ccccc12. The van der Waals surface area contributed by atoms with Gasteiger partial charge >= 0.3 is 5.97 Å². The summed E-state index contributed by atoms with van der Waals surface area (Å²) in [6.07, 6.45) is 9.37. The average molecular weight is 592 g/mol. The number of rotatable bonds is 11. The molecule has 1 fully saturated rings. The highest BCUT2D eigenvalue weighted by Crippen LogP contribution is 2.31. The van der Waals surface area contributed by atoms with Gasteiger partial charge in [0.1, 0.15) is 0 Å². The quantitative estimate of drug-likeness (QED) is 0.207. The third-order valence-electron chi connectivity index (χ3n) is 8.09. The molecule has 0 amide bonds. The summed E-state index contributed by atoms with van der Waals surface area (Å²) in [4.78, 5) is 29.1. The summed E-state index contributed by atoms with van der Waals surface area (Å²) in [5, 5.41) is 9.57. The molecule has 1 N–H and O–H groups in total. The average Bonchev–Trinajstić information content (AvgIpc) is 3.45. The van der Waals surface area contributed by atoms with E-state index in [9.17, 15) is 9.59 Å². The van der Waals surface area contributed by atoms with Gasteiger partial charge in [-0.05, 0) is 60.1 Å². The van der Waals surface area contributed by atoms with Crippen molar-refractivity contribution in [2.45, 2.75) is 57.5 Å². The molecule has 0 saturated carbocycles. The lowest BCUT2D eigenvalue weighted by Crippen LogP contribution is -2.25. The van der Waals surface area contributed by atoms with Gasteiger partial charge in [0.2, 0.25) is 0 Å². The van der Waals surface area contributed by atoms with Crippen LogP contribution in [-0.2, 0) is 33.8 Å². The molecular weight excluding hydrogens is 554 g/mol. The normalized spacial score (nSPS) is 15.7. The van der Waals surface area contributed by atoms with Gasteiger partial charge < -0.3 is 19.4 Å². The van der Waals surface area contributed by atoms with Crippen LogP contribution in [0.4, 0.5) is 0 Å². The highest BCUT2D eigenvalue weighted by molar-refractivity contribution is 5.83. The molecule has 9 heteroatoms. The van der Waals surface area contributed by atoms with E-state index in [1.165, 1.54) is 7.11 Å². The van der Waals surface area contributed by atoms with Gasteiger partial charge in [-0.15, -0.1) is 0 Å². The fourth-order valence-electron chi connectivity index (χ4n) is 5.78. The molecule has 9 nitrogen and oxygen atoms in total. The molecule has 2 aromatic carbocycles. The number of para-hydroxylation sites is 1. The zero-order chi connectivity index (χ0) is 30.3. The minimum atomic E-state index is -0.356. The van der Waals surface area contributed by atoms with E-state index in [1.54, 1.807) is 22.9 Å². The van der Waals surface area contributed by atoms with E-state index in [0.29, 0.717) is 13.1 Å². The van der Waals surface area contributed by atoms with Crippen LogP contribution in [0.1, 0.15) is 65.9 Å². The topological polar surface area (TPSA) is 100 Å². The highest BCUT2D eigenvalue weighted by Gasteiger charge is 2.26. The Morgan fingerprint density at radius 2 is 1.80 bits per heavy atom. The molecule has 1 saturated heterocycles. The first kappa shape index (κ1) is 29.5. The number of nitrogens with zero attached hydrogens (tertiary/aromatic N) is 4. The van der Waals surface area contributed by atoms with E-state index in [1.807, 2.05) is 35.3 Å². The number of hydrogen-bond donors (Lipinski definition) is 1. The molecule has 2 unspecified atom stereocenters. The van der Waals surface area contributed by atoms with Gasteiger partial charge in [0.05, 0.1) is 37.3 Å². The van der Waals surface area contributed by atoms with E-state index in [2.05, 4.69) is 52.8 Å². The van der Waals surface area contributed by atoms with Gasteiger partial charge in [0.25, 0.3) is 5.56 Å². The molecule has 44 heavy (non-hydrogen) atoms. The Labute approximate surface area is 256 Å². The first-order chi connectivity index (χ1) is 21.6. The maximum atomic E-state index is 12.5. The Hall–Kier alpha value is -4.60. The molecule has 1 aliphatic rings. The number of benzene rings is 2. The van der Waals surface area contributed by atoms with Crippen LogP contribution >= 0.6 is 0 Å². The standard InChI is InChI=1S/C35H37N5O4/c1-43-34(42)20-30(35-29-8-2-3-9-31(29)40(38-35)33-11-5-7-17-44-33)37-23-28-19-27(21-36-22-28)18-25-12-14-26(15-13-25)24-39-16-6-4-10-32(39)41/h2-4,6,8-10,12-16,19,21-22,30,33,37H,5,7,11,17-18,20,23-24H2,1H3.